The van der Waals surface area contributed by atoms with Crippen molar-refractivity contribution in [1.82, 2.24) is 19.8 Å². The maximum absolute atomic E-state index is 13.9. The lowest BCUT2D eigenvalue weighted by Crippen LogP contribution is -2.59. The van der Waals surface area contributed by atoms with Crippen LogP contribution in [-0.4, -0.2) is 85.9 Å². The van der Waals surface area contributed by atoms with Crippen LogP contribution in [0, 0.1) is 11.3 Å². The van der Waals surface area contributed by atoms with Gasteiger partial charge >= 0.3 is 0 Å². The van der Waals surface area contributed by atoms with Gasteiger partial charge in [-0.2, -0.15) is 4.31 Å². The van der Waals surface area contributed by atoms with Gasteiger partial charge in [0.05, 0.1) is 24.3 Å². The van der Waals surface area contributed by atoms with Gasteiger partial charge < -0.3 is 20.9 Å². The number of hydrogen-bond acceptors (Lipinski definition) is 6. The number of para-hydroxylation sites is 1. The van der Waals surface area contributed by atoms with Gasteiger partial charge in [-0.1, -0.05) is 39.0 Å². The highest BCUT2D eigenvalue weighted by Crippen LogP contribution is 2.39. The molecule has 2 fully saturated rings. The van der Waals surface area contributed by atoms with Crippen molar-refractivity contribution in [1.29, 1.82) is 0 Å². The average molecular weight is 508 g/mol. The predicted octanol–water partition coefficient (Wildman–Crippen LogP) is 0.625. The second-order valence-electron chi connectivity index (χ2n) is 10.5. The van der Waals surface area contributed by atoms with E-state index in [1.165, 1.54) is 4.31 Å². The number of carbonyl (C=O) groups is 3. The summed E-state index contributed by atoms with van der Waals surface area (Å²) in [6.07, 6.45) is 1.56. The average Bonchev–Trinajstić information content (AvgIpc) is 3.36. The maximum Gasteiger partial charge on any atom is 0.246 e. The molecule has 10 nitrogen and oxygen atoms in total. The van der Waals surface area contributed by atoms with E-state index >= 15 is 0 Å². The number of anilines is 1. The molecule has 2 saturated heterocycles. The van der Waals surface area contributed by atoms with Crippen molar-refractivity contribution < 1.29 is 22.8 Å². The van der Waals surface area contributed by atoms with E-state index in [9.17, 15) is 22.8 Å². The number of nitrogens with zero attached hydrogens (tertiary/aromatic N) is 2. The largest absolute Gasteiger partial charge is 0.342 e. The molecule has 35 heavy (non-hydrogen) atoms. The molecule has 0 bridgehead atoms. The Kier molecular flexibility index (Phi) is 7.93. The van der Waals surface area contributed by atoms with Crippen molar-refractivity contribution in [3.8, 4) is 0 Å². The number of rotatable bonds is 7. The molecule has 0 spiro atoms. The number of hydrogen-bond donors (Lipinski definition) is 3. The number of fused-ring (bicyclic) bond motifs is 1. The molecule has 2 aliphatic rings. The summed E-state index contributed by atoms with van der Waals surface area (Å²) in [6.45, 7) is 7.61. The van der Waals surface area contributed by atoms with E-state index in [1.54, 1.807) is 43.1 Å². The summed E-state index contributed by atoms with van der Waals surface area (Å²) < 4.78 is 26.4. The smallest absolute Gasteiger partial charge is 0.246 e. The standard InChI is InChI=1S/C24H37N5O5S/c1-15(25-5)21(30)27-20(24(2,3)4)23(32)28-13-12-18-19(28)17(14-29(18)35(6,33)34)22(31)26-16-10-8-7-9-11-16/h7-11,15,17-20,25H,12-14H2,1-6H3,(H,26,31)(H,27,30)/t15-,17-,18+,19+,20+/m0/s1. The summed E-state index contributed by atoms with van der Waals surface area (Å²) in [4.78, 5) is 41.4. The Morgan fingerprint density at radius 3 is 2.29 bits per heavy atom. The van der Waals surface area contributed by atoms with Gasteiger partial charge in [0, 0.05) is 24.8 Å². The maximum atomic E-state index is 13.9. The SMILES string of the molecule is CN[C@@H](C)C(=O)N[C@H](C(=O)N1CC[C@@H]2[C@H]1[C@@H](C(=O)Nc1ccccc1)CN2S(C)(=O)=O)C(C)(C)C. The lowest BCUT2D eigenvalue weighted by atomic mass is 9.85. The summed E-state index contributed by atoms with van der Waals surface area (Å²) in [7, 11) is -1.93. The zero-order valence-corrected chi connectivity index (χ0v) is 22.1. The third kappa shape index (κ3) is 5.84. The van der Waals surface area contributed by atoms with Crippen molar-refractivity contribution >= 4 is 33.4 Å². The van der Waals surface area contributed by atoms with Crippen LogP contribution in [0.15, 0.2) is 30.3 Å². The van der Waals surface area contributed by atoms with Crippen molar-refractivity contribution in [2.75, 3.05) is 31.7 Å². The second-order valence-corrected chi connectivity index (χ2v) is 12.4. The van der Waals surface area contributed by atoms with Crippen molar-refractivity contribution in [2.24, 2.45) is 11.3 Å². The summed E-state index contributed by atoms with van der Waals surface area (Å²) in [5.74, 6) is -1.69. The number of benzene rings is 1. The summed E-state index contributed by atoms with van der Waals surface area (Å²) in [5, 5.41) is 8.60. The zero-order chi connectivity index (χ0) is 26.1. The lowest BCUT2D eigenvalue weighted by molar-refractivity contribution is -0.141. The van der Waals surface area contributed by atoms with E-state index in [1.807, 2.05) is 26.8 Å². The Labute approximate surface area is 207 Å². The first-order valence-corrected chi connectivity index (χ1v) is 13.7. The minimum atomic E-state index is -3.59. The van der Waals surface area contributed by atoms with E-state index in [0.717, 1.165) is 6.26 Å². The van der Waals surface area contributed by atoms with E-state index in [0.29, 0.717) is 18.7 Å². The molecule has 5 atom stereocenters. The molecule has 3 N–H and O–H groups in total. The highest BCUT2D eigenvalue weighted by Gasteiger charge is 2.56. The second kappa shape index (κ2) is 10.2. The quantitative estimate of drug-likeness (QED) is 0.497. The molecule has 0 aliphatic carbocycles. The lowest BCUT2D eigenvalue weighted by Gasteiger charge is -2.37. The highest BCUT2D eigenvalue weighted by molar-refractivity contribution is 7.88. The van der Waals surface area contributed by atoms with Crippen LogP contribution in [0.1, 0.15) is 34.1 Å². The number of likely N-dealkylation sites (tertiary alicyclic amines) is 1. The van der Waals surface area contributed by atoms with E-state index in [-0.39, 0.29) is 24.3 Å². The topological polar surface area (TPSA) is 128 Å². The normalized spacial score (nSPS) is 24.5. The number of sulfonamides is 1. The molecule has 0 saturated carbocycles. The van der Waals surface area contributed by atoms with E-state index < -0.39 is 45.5 Å². The van der Waals surface area contributed by atoms with Crippen LogP contribution < -0.4 is 16.0 Å². The molecule has 2 heterocycles. The van der Waals surface area contributed by atoms with Gasteiger partial charge in [-0.25, -0.2) is 8.42 Å². The molecule has 1 aromatic carbocycles. The van der Waals surface area contributed by atoms with Gasteiger partial charge in [-0.05, 0) is 37.9 Å². The minimum absolute atomic E-state index is 0.0000536. The summed E-state index contributed by atoms with van der Waals surface area (Å²) in [5.41, 5.74) is -0.00141. The zero-order valence-electron chi connectivity index (χ0n) is 21.2. The van der Waals surface area contributed by atoms with Gasteiger partial charge in [-0.15, -0.1) is 0 Å². The summed E-state index contributed by atoms with van der Waals surface area (Å²) >= 11 is 0. The van der Waals surface area contributed by atoms with Gasteiger partial charge in [-0.3, -0.25) is 14.4 Å². The molecule has 0 unspecified atom stereocenters. The Morgan fingerprint density at radius 1 is 1.11 bits per heavy atom. The van der Waals surface area contributed by atoms with Gasteiger partial charge in [0.25, 0.3) is 0 Å². The number of amides is 3. The molecule has 0 aromatic heterocycles. The Bertz CT molecular complexity index is 1060. The van der Waals surface area contributed by atoms with Crippen LogP contribution in [0.3, 0.4) is 0 Å². The van der Waals surface area contributed by atoms with E-state index in [4.69, 9.17) is 0 Å². The molecule has 2 aliphatic heterocycles. The van der Waals surface area contributed by atoms with Gasteiger partial charge in [0.2, 0.25) is 27.7 Å². The third-order valence-corrected chi connectivity index (χ3v) is 8.16. The van der Waals surface area contributed by atoms with Crippen LogP contribution in [0.25, 0.3) is 0 Å². The molecular formula is C24H37N5O5S. The fraction of sp³-hybridized carbons (Fsp3) is 0.625. The van der Waals surface area contributed by atoms with Crippen molar-refractivity contribution in [3.63, 3.8) is 0 Å². The number of nitrogens with one attached hydrogen (secondary N) is 3. The van der Waals surface area contributed by atoms with Gasteiger partial charge in [0.15, 0.2) is 0 Å². The Balaban J connectivity index is 1.92. The van der Waals surface area contributed by atoms with Crippen molar-refractivity contribution in [2.45, 2.75) is 58.3 Å². The molecule has 1 aromatic rings. The van der Waals surface area contributed by atoms with Gasteiger partial charge in [0.1, 0.15) is 6.04 Å². The molecule has 11 heteroatoms. The summed E-state index contributed by atoms with van der Waals surface area (Å²) in [6, 6.07) is 6.49. The van der Waals surface area contributed by atoms with Crippen LogP contribution in [0.5, 0.6) is 0 Å². The monoisotopic (exact) mass is 507 g/mol. The highest BCUT2D eigenvalue weighted by atomic mass is 32.2. The molecule has 3 rings (SSSR count). The minimum Gasteiger partial charge on any atom is -0.342 e. The Hall–Kier alpha value is -2.50. The molecule has 0 radical (unpaired) electrons. The van der Waals surface area contributed by atoms with Crippen LogP contribution in [0.4, 0.5) is 5.69 Å². The van der Waals surface area contributed by atoms with Crippen LogP contribution in [0.2, 0.25) is 0 Å². The van der Waals surface area contributed by atoms with Crippen LogP contribution >= 0.6 is 0 Å². The first-order chi connectivity index (χ1) is 16.3. The van der Waals surface area contributed by atoms with E-state index in [2.05, 4.69) is 16.0 Å². The van der Waals surface area contributed by atoms with Crippen LogP contribution in [-0.2, 0) is 24.4 Å². The first-order valence-electron chi connectivity index (χ1n) is 11.9. The third-order valence-electron chi connectivity index (χ3n) is 6.89. The molecule has 3 amide bonds. The fourth-order valence-electron chi connectivity index (χ4n) is 4.88. The fourth-order valence-corrected chi connectivity index (χ4v) is 6.04. The predicted molar refractivity (Wildman–Crippen MR) is 134 cm³/mol. The Morgan fingerprint density at radius 2 is 1.74 bits per heavy atom. The first kappa shape index (κ1) is 27.1. The number of likely N-dealkylation sites (N-methyl/N-ethyl adjacent to an activating group) is 1. The molecule has 194 valence electrons. The van der Waals surface area contributed by atoms with Crippen molar-refractivity contribution in [3.05, 3.63) is 30.3 Å². The number of carbonyl (C=O) groups excluding carboxylic acids is 3. The molecular weight excluding hydrogens is 470 g/mol.